The summed E-state index contributed by atoms with van der Waals surface area (Å²) in [5, 5.41) is 21.2. The molecule has 4 aromatic rings. The molecule has 29 heavy (non-hydrogen) atoms. The molecule has 0 spiro atoms. The van der Waals surface area contributed by atoms with Gasteiger partial charge in [0.05, 0.1) is 11.1 Å². The zero-order chi connectivity index (χ0) is 20.5. The van der Waals surface area contributed by atoms with Crippen molar-refractivity contribution in [3.8, 4) is 16.9 Å². The zero-order valence-corrected chi connectivity index (χ0v) is 15.0. The van der Waals surface area contributed by atoms with Crippen molar-refractivity contribution in [3.05, 3.63) is 66.0 Å². The number of fused-ring (bicyclic) bond motifs is 1. The number of aromatic amines is 1. The fraction of sp³-hybridized carbons (Fsp3) is 0. The first-order valence-corrected chi connectivity index (χ1v) is 8.58. The molecular weight excluding hydrogens is 372 g/mol. The number of H-pyrrole nitrogens is 1. The summed E-state index contributed by atoms with van der Waals surface area (Å²) in [6, 6.07) is 13.1. The van der Waals surface area contributed by atoms with Gasteiger partial charge in [-0.2, -0.15) is 0 Å². The van der Waals surface area contributed by atoms with E-state index in [9.17, 15) is 14.7 Å². The number of nitrogens with two attached hydrogens (primary N) is 2. The van der Waals surface area contributed by atoms with Gasteiger partial charge < -0.3 is 26.9 Å². The number of amides is 2. The topological polar surface area (TPSA) is 160 Å². The third-order valence-corrected chi connectivity index (χ3v) is 4.44. The standard InChI is InChI=1S/C20H16N6O3/c21-18(28)13-4-2-1-3-12(13)15-16-14(24-10-5-7-11(27)8-6-10)9-23-20(16)26-25-17(15)19(22)29/h1-9,24,27H,(H2,21,28)(H2,22,29)(H,23,26). The Bertz CT molecular complexity index is 1250. The van der Waals surface area contributed by atoms with Crippen LogP contribution in [0.4, 0.5) is 11.4 Å². The predicted octanol–water partition coefficient (Wildman–Crippen LogP) is 2.27. The minimum atomic E-state index is -0.787. The van der Waals surface area contributed by atoms with Crippen molar-refractivity contribution in [2.24, 2.45) is 11.5 Å². The average molecular weight is 388 g/mol. The Hall–Kier alpha value is -4.40. The van der Waals surface area contributed by atoms with Crippen molar-refractivity contribution in [2.45, 2.75) is 0 Å². The van der Waals surface area contributed by atoms with E-state index < -0.39 is 11.8 Å². The van der Waals surface area contributed by atoms with Gasteiger partial charge in [-0.3, -0.25) is 9.59 Å². The zero-order valence-electron chi connectivity index (χ0n) is 15.0. The van der Waals surface area contributed by atoms with Crippen LogP contribution < -0.4 is 16.8 Å². The quantitative estimate of drug-likeness (QED) is 0.330. The van der Waals surface area contributed by atoms with Crippen LogP contribution in [0.25, 0.3) is 22.2 Å². The Morgan fingerprint density at radius 2 is 1.69 bits per heavy atom. The van der Waals surface area contributed by atoms with E-state index in [0.717, 1.165) is 0 Å². The second-order valence-corrected chi connectivity index (χ2v) is 6.30. The summed E-state index contributed by atoms with van der Waals surface area (Å²) in [4.78, 5) is 27.1. The summed E-state index contributed by atoms with van der Waals surface area (Å²) in [6.07, 6.45) is 1.66. The van der Waals surface area contributed by atoms with Gasteiger partial charge in [-0.25, -0.2) is 0 Å². The number of carbonyl (C=O) groups excluding carboxylic acids is 2. The van der Waals surface area contributed by atoms with Gasteiger partial charge >= 0.3 is 0 Å². The van der Waals surface area contributed by atoms with Gasteiger partial charge in [0.15, 0.2) is 11.3 Å². The van der Waals surface area contributed by atoms with Crippen molar-refractivity contribution in [3.63, 3.8) is 0 Å². The van der Waals surface area contributed by atoms with Crippen molar-refractivity contribution in [1.29, 1.82) is 0 Å². The van der Waals surface area contributed by atoms with Crippen LogP contribution >= 0.6 is 0 Å². The van der Waals surface area contributed by atoms with Crippen LogP contribution in [0.15, 0.2) is 54.7 Å². The number of primary amides is 2. The van der Waals surface area contributed by atoms with Crippen molar-refractivity contribution in [1.82, 2.24) is 15.2 Å². The maximum absolute atomic E-state index is 12.1. The Labute approximate surface area is 164 Å². The molecule has 0 fully saturated rings. The van der Waals surface area contributed by atoms with E-state index in [1.807, 2.05) is 0 Å². The third-order valence-electron chi connectivity index (χ3n) is 4.44. The van der Waals surface area contributed by atoms with Gasteiger partial charge in [0, 0.05) is 23.0 Å². The Morgan fingerprint density at radius 1 is 0.966 bits per heavy atom. The summed E-state index contributed by atoms with van der Waals surface area (Å²) in [5.41, 5.74) is 13.6. The molecule has 0 atom stereocenters. The van der Waals surface area contributed by atoms with Crippen molar-refractivity contribution >= 4 is 34.2 Å². The molecule has 2 amide bonds. The number of nitrogens with one attached hydrogen (secondary N) is 2. The number of aromatic nitrogens is 3. The Balaban J connectivity index is 2.00. The molecule has 0 saturated heterocycles. The van der Waals surface area contributed by atoms with Crippen LogP contribution in [-0.4, -0.2) is 32.1 Å². The van der Waals surface area contributed by atoms with E-state index in [1.54, 1.807) is 42.6 Å². The number of nitrogens with zero attached hydrogens (tertiary/aromatic N) is 2. The molecule has 9 heteroatoms. The molecule has 0 bridgehead atoms. The van der Waals surface area contributed by atoms with Crippen LogP contribution in [0.2, 0.25) is 0 Å². The minimum Gasteiger partial charge on any atom is -0.508 e. The molecule has 0 aliphatic carbocycles. The molecular formula is C20H16N6O3. The van der Waals surface area contributed by atoms with E-state index >= 15 is 0 Å². The SMILES string of the molecule is NC(=O)c1ccccc1-c1c(C(N)=O)nnc2[nH]cc(Nc3ccc(O)cc3)c12. The molecule has 0 radical (unpaired) electrons. The van der Waals surface area contributed by atoms with Gasteiger partial charge in [0.25, 0.3) is 5.91 Å². The van der Waals surface area contributed by atoms with E-state index in [0.29, 0.717) is 33.5 Å². The number of phenols is 1. The molecule has 144 valence electrons. The highest BCUT2D eigenvalue weighted by Crippen LogP contribution is 2.37. The van der Waals surface area contributed by atoms with Crippen LogP contribution in [-0.2, 0) is 0 Å². The maximum atomic E-state index is 12.1. The molecule has 2 heterocycles. The van der Waals surface area contributed by atoms with Crippen LogP contribution in [0.3, 0.4) is 0 Å². The third kappa shape index (κ3) is 3.21. The smallest absolute Gasteiger partial charge is 0.269 e. The average Bonchev–Trinajstić information content (AvgIpc) is 3.11. The first-order chi connectivity index (χ1) is 14.0. The van der Waals surface area contributed by atoms with Crippen LogP contribution in [0.5, 0.6) is 5.75 Å². The lowest BCUT2D eigenvalue weighted by Gasteiger charge is -2.13. The van der Waals surface area contributed by atoms with E-state index in [4.69, 9.17) is 11.5 Å². The first kappa shape index (κ1) is 18.0. The van der Waals surface area contributed by atoms with Gasteiger partial charge in [-0.15, -0.1) is 10.2 Å². The number of carbonyl (C=O) groups is 2. The molecule has 4 rings (SSSR count). The highest BCUT2D eigenvalue weighted by Gasteiger charge is 2.23. The number of anilines is 2. The number of hydrogen-bond acceptors (Lipinski definition) is 6. The van der Waals surface area contributed by atoms with Crippen molar-refractivity contribution < 1.29 is 14.7 Å². The lowest BCUT2D eigenvalue weighted by molar-refractivity contribution is 0.0987. The van der Waals surface area contributed by atoms with E-state index in [1.165, 1.54) is 12.1 Å². The van der Waals surface area contributed by atoms with Gasteiger partial charge in [-0.05, 0) is 35.9 Å². The summed E-state index contributed by atoms with van der Waals surface area (Å²) in [7, 11) is 0. The lowest BCUT2D eigenvalue weighted by Crippen LogP contribution is -2.18. The highest BCUT2D eigenvalue weighted by atomic mass is 16.3. The number of phenolic OH excluding ortho intramolecular Hbond substituents is 1. The Kier molecular flexibility index (Phi) is 4.32. The summed E-state index contributed by atoms with van der Waals surface area (Å²) >= 11 is 0. The normalized spacial score (nSPS) is 10.8. The van der Waals surface area contributed by atoms with Gasteiger partial charge in [0.2, 0.25) is 5.91 Å². The summed E-state index contributed by atoms with van der Waals surface area (Å²) in [6.45, 7) is 0. The molecule has 0 aliphatic heterocycles. The number of aromatic hydroxyl groups is 1. The first-order valence-electron chi connectivity index (χ1n) is 8.58. The molecule has 2 aromatic carbocycles. The predicted molar refractivity (Wildman–Crippen MR) is 108 cm³/mol. The number of rotatable bonds is 5. The molecule has 0 aliphatic rings. The maximum Gasteiger partial charge on any atom is 0.269 e. The van der Waals surface area contributed by atoms with Gasteiger partial charge in [-0.1, -0.05) is 18.2 Å². The molecule has 9 nitrogen and oxygen atoms in total. The van der Waals surface area contributed by atoms with Gasteiger partial charge in [0.1, 0.15) is 5.75 Å². The summed E-state index contributed by atoms with van der Waals surface area (Å²) in [5.74, 6) is -1.30. The Morgan fingerprint density at radius 3 is 2.38 bits per heavy atom. The summed E-state index contributed by atoms with van der Waals surface area (Å²) < 4.78 is 0. The van der Waals surface area contributed by atoms with Crippen LogP contribution in [0, 0.1) is 0 Å². The lowest BCUT2D eigenvalue weighted by atomic mass is 9.95. The minimum absolute atomic E-state index is 0.0837. The molecule has 2 aromatic heterocycles. The molecule has 7 N–H and O–H groups in total. The molecule has 0 unspecified atom stereocenters. The van der Waals surface area contributed by atoms with Crippen LogP contribution in [0.1, 0.15) is 20.8 Å². The fourth-order valence-electron chi connectivity index (χ4n) is 3.16. The second-order valence-electron chi connectivity index (χ2n) is 6.30. The van der Waals surface area contributed by atoms with Crippen molar-refractivity contribution in [2.75, 3.05) is 5.32 Å². The number of benzene rings is 2. The highest BCUT2D eigenvalue weighted by molar-refractivity contribution is 6.14. The molecule has 0 saturated carbocycles. The van der Waals surface area contributed by atoms with E-state index in [2.05, 4.69) is 20.5 Å². The second kappa shape index (κ2) is 6.97. The van der Waals surface area contributed by atoms with E-state index in [-0.39, 0.29) is 17.0 Å². The monoisotopic (exact) mass is 388 g/mol. The number of hydrogen-bond donors (Lipinski definition) is 5. The fourth-order valence-corrected chi connectivity index (χ4v) is 3.16. The largest absolute Gasteiger partial charge is 0.508 e.